The van der Waals surface area contributed by atoms with Crippen LogP contribution in [0, 0.1) is 0 Å². The van der Waals surface area contributed by atoms with Crippen molar-refractivity contribution in [1.29, 1.82) is 0 Å². The molecule has 8 rings (SSSR count). The van der Waals surface area contributed by atoms with Gasteiger partial charge in [0.1, 0.15) is 0 Å². The summed E-state index contributed by atoms with van der Waals surface area (Å²) in [5.41, 5.74) is 13.2. The van der Waals surface area contributed by atoms with Crippen LogP contribution in [0.15, 0.2) is 117 Å². The van der Waals surface area contributed by atoms with E-state index in [0.29, 0.717) is 7.25 Å². The number of allylic oxidation sites excluding steroid dienone is 2. The molecule has 4 aromatic carbocycles. The van der Waals surface area contributed by atoms with E-state index in [1.165, 1.54) is 33.4 Å². The van der Waals surface area contributed by atoms with Crippen LogP contribution in [-0.2, 0) is 17.4 Å². The van der Waals surface area contributed by atoms with Gasteiger partial charge < -0.3 is 0 Å². The number of hydrogen-bond donors (Lipinski definition) is 0. The molecule has 0 aliphatic heterocycles. The minimum absolute atomic E-state index is 0. The largest absolute Gasteiger partial charge is 0.147 e. The van der Waals surface area contributed by atoms with E-state index in [-0.39, 0.29) is 24.8 Å². The summed E-state index contributed by atoms with van der Waals surface area (Å²) in [6.07, 6.45) is 7.17. The van der Waals surface area contributed by atoms with E-state index in [1.807, 2.05) is 12.1 Å². The Morgan fingerprint density at radius 3 is 1.39 bits per heavy atom. The first-order valence-corrected chi connectivity index (χ1v) is 29.7. The molecular weight excluding hydrogens is 703 g/mol. The summed E-state index contributed by atoms with van der Waals surface area (Å²) in [4.78, 5) is 0. The molecule has 0 radical (unpaired) electrons. The minimum atomic E-state index is -3.70. The fourth-order valence-electron chi connectivity index (χ4n) is 8.61. The van der Waals surface area contributed by atoms with Gasteiger partial charge in [-0.1, -0.05) is 0 Å². The Morgan fingerprint density at radius 2 is 1.00 bits per heavy atom. The predicted octanol–water partition coefficient (Wildman–Crippen LogP) is 12.1. The van der Waals surface area contributed by atoms with Gasteiger partial charge in [-0.3, -0.25) is 0 Å². The van der Waals surface area contributed by atoms with Crippen molar-refractivity contribution in [2.24, 2.45) is 0 Å². The van der Waals surface area contributed by atoms with Crippen molar-refractivity contribution in [3.63, 3.8) is 0 Å². The van der Waals surface area contributed by atoms with Crippen molar-refractivity contribution >= 4 is 65.8 Å². The zero-order valence-corrected chi connectivity index (χ0v) is 32.3. The zero-order valence-electron chi connectivity index (χ0n) is 26.8. The number of hydrogen-bond acceptors (Lipinski definition) is 2. The monoisotopic (exact) mass is 740 g/mol. The minimum Gasteiger partial charge on any atom is -0.147 e. The Bertz CT molecular complexity index is 2040. The van der Waals surface area contributed by atoms with Crippen molar-refractivity contribution in [3.05, 3.63) is 130 Å². The molecule has 0 fully saturated rings. The van der Waals surface area contributed by atoms with E-state index < -0.39 is 17.4 Å². The van der Waals surface area contributed by atoms with Gasteiger partial charge in [-0.15, -0.1) is 24.8 Å². The molecule has 2 atom stereocenters. The average Bonchev–Trinajstić information content (AvgIpc) is 3.81. The van der Waals surface area contributed by atoms with E-state index in [0.717, 1.165) is 46.3 Å². The summed E-state index contributed by atoms with van der Waals surface area (Å²) >= 11 is -3.70. The van der Waals surface area contributed by atoms with Crippen LogP contribution in [0.5, 0.6) is 0 Å². The molecule has 0 N–H and O–H groups in total. The molecule has 2 heterocycles. The molecule has 2 aliphatic carbocycles. The van der Waals surface area contributed by atoms with Crippen LogP contribution in [0.2, 0.25) is 9.26 Å². The Morgan fingerprint density at radius 1 is 0.587 bits per heavy atom. The third kappa shape index (κ3) is 4.99. The first-order chi connectivity index (χ1) is 21.3. The molecule has 2 unspecified atom stereocenters. The van der Waals surface area contributed by atoms with Gasteiger partial charge >= 0.3 is 264 Å². The van der Waals surface area contributed by atoms with E-state index in [4.69, 9.17) is 8.83 Å². The smallest absolute Gasteiger partial charge is 0.147 e. The summed E-state index contributed by atoms with van der Waals surface area (Å²) in [6.45, 7) is 7.11. The number of rotatable bonds is 6. The number of para-hydroxylation sites is 2. The number of fused-ring (bicyclic) bond motifs is 4. The summed E-state index contributed by atoms with van der Waals surface area (Å²) in [7, 11) is 0. The molecule has 0 spiro atoms. The van der Waals surface area contributed by atoms with Gasteiger partial charge in [-0.25, -0.2) is 0 Å². The molecule has 2 aromatic heterocycles. The normalized spacial score (nSPS) is 17.2. The van der Waals surface area contributed by atoms with Crippen LogP contribution in [0.4, 0.5) is 0 Å². The topological polar surface area (TPSA) is 26.3 Å². The van der Waals surface area contributed by atoms with Gasteiger partial charge in [0.2, 0.25) is 0 Å². The second-order valence-electron chi connectivity index (χ2n) is 13.9. The standard InChI is InChI=1S/2C19H15O.2CH3.2ClH.H2Si.Zr/c2*1-2-13-10-14-7-5-8-16(17(14)11-13)19-12-15-6-3-4-9-18(15)20-19;;;;;;/h2*3-12H,2H2,1H3;2*1H3;2*1H;1H2;. The van der Waals surface area contributed by atoms with Crippen LogP contribution < -0.4 is 0 Å². The van der Waals surface area contributed by atoms with Gasteiger partial charge in [0.25, 0.3) is 0 Å². The van der Waals surface area contributed by atoms with Crippen LogP contribution in [0.1, 0.15) is 56.2 Å². The fraction of sp³-hybridized carbons (Fsp3) is 0.200. The van der Waals surface area contributed by atoms with Crippen LogP contribution in [0.25, 0.3) is 56.7 Å². The fourth-order valence-corrected chi connectivity index (χ4v) is 28.8. The second-order valence-corrected chi connectivity index (χ2v) is 44.3. The van der Waals surface area contributed by atoms with Crippen LogP contribution in [-0.4, -0.2) is 6.88 Å². The summed E-state index contributed by atoms with van der Waals surface area (Å²) < 4.78 is 19.3. The maximum absolute atomic E-state index is 6.42. The van der Waals surface area contributed by atoms with Gasteiger partial charge in [-0.2, -0.15) is 0 Å². The third-order valence-electron chi connectivity index (χ3n) is 10.4. The maximum atomic E-state index is 6.42. The van der Waals surface area contributed by atoms with Crippen LogP contribution in [0.3, 0.4) is 0 Å². The molecule has 2 nitrogen and oxygen atoms in total. The number of furan rings is 2. The number of halogens is 2. The summed E-state index contributed by atoms with van der Waals surface area (Å²) in [5, 5.41) is 2.31. The van der Waals surface area contributed by atoms with Crippen LogP contribution >= 0.6 is 24.8 Å². The van der Waals surface area contributed by atoms with E-state index in [9.17, 15) is 0 Å². The van der Waals surface area contributed by atoms with Gasteiger partial charge in [0.05, 0.1) is 0 Å². The SMILES string of the molecule is CCC1=Cc2c(-c3cc4ccccc4o3)cccc2[CH]1[Zr]([CH3])([CH3])(=[SiH2])[CH]1C(CC)=Cc2c(-c3cc4ccccc4o3)cccc21.Cl.Cl. The summed E-state index contributed by atoms with van der Waals surface area (Å²) in [5.74, 6) is 1.93. The molecule has 0 bridgehead atoms. The molecule has 46 heavy (non-hydrogen) atoms. The molecule has 2 aliphatic rings. The molecule has 0 saturated carbocycles. The maximum Gasteiger partial charge on any atom is -0.147 e. The third-order valence-corrected chi connectivity index (χ3v) is 27.9. The average molecular weight is 743 g/mol. The quantitative estimate of drug-likeness (QED) is 0.159. The van der Waals surface area contributed by atoms with Gasteiger partial charge in [-0.05, 0) is 0 Å². The van der Waals surface area contributed by atoms with E-state index in [1.54, 1.807) is 11.1 Å². The zero-order chi connectivity index (χ0) is 30.2. The molecular formula is C40H40Cl2O2SiZr. The van der Waals surface area contributed by atoms with Crippen molar-refractivity contribution in [2.45, 2.75) is 43.2 Å². The number of benzene rings is 4. The van der Waals surface area contributed by atoms with E-state index in [2.05, 4.69) is 127 Å². The molecule has 234 valence electrons. The van der Waals surface area contributed by atoms with Gasteiger partial charge in [0.15, 0.2) is 0 Å². The molecule has 0 saturated heterocycles. The first kappa shape index (κ1) is 33.0. The Labute approximate surface area is 286 Å². The van der Waals surface area contributed by atoms with Gasteiger partial charge in [0, 0.05) is 0 Å². The molecule has 6 aromatic rings. The Kier molecular flexibility index (Phi) is 8.60. The van der Waals surface area contributed by atoms with Crippen molar-refractivity contribution < 1.29 is 26.2 Å². The Balaban J connectivity index is 0.00000186. The van der Waals surface area contributed by atoms with Crippen molar-refractivity contribution in [3.8, 4) is 22.6 Å². The molecule has 0 amide bonds. The molecule has 6 heteroatoms. The van der Waals surface area contributed by atoms with Crippen molar-refractivity contribution in [2.75, 3.05) is 0 Å². The predicted molar refractivity (Wildman–Crippen MR) is 200 cm³/mol. The van der Waals surface area contributed by atoms with E-state index >= 15 is 0 Å². The second kappa shape index (κ2) is 12.0. The van der Waals surface area contributed by atoms with Crippen molar-refractivity contribution in [1.82, 2.24) is 0 Å². The first-order valence-electron chi connectivity index (χ1n) is 16.0. The summed E-state index contributed by atoms with van der Waals surface area (Å²) in [6, 6.07) is 34.9. The Hall–Kier alpha value is -2.88.